The van der Waals surface area contributed by atoms with Crippen molar-refractivity contribution in [1.82, 2.24) is 4.37 Å². The monoisotopic (exact) mass is 317 g/mol. The van der Waals surface area contributed by atoms with Gasteiger partial charge in [-0.25, -0.2) is 0 Å². The second kappa shape index (κ2) is 4.95. The molecular weight excluding hydrogens is 314 g/mol. The molecule has 0 saturated heterocycles. The van der Waals surface area contributed by atoms with Crippen LogP contribution < -0.4 is 4.74 Å². The first-order valence-electron chi connectivity index (χ1n) is 4.24. The normalized spacial score (nSPS) is 10.1. The van der Waals surface area contributed by atoms with Crippen molar-refractivity contribution in [3.05, 3.63) is 33.9 Å². The summed E-state index contributed by atoms with van der Waals surface area (Å²) in [6, 6.07) is 7.58. The van der Waals surface area contributed by atoms with Crippen LogP contribution in [0.15, 0.2) is 28.7 Å². The van der Waals surface area contributed by atoms with Gasteiger partial charge in [-0.15, -0.1) is 0 Å². The van der Waals surface area contributed by atoms with Gasteiger partial charge in [0.05, 0.1) is 4.88 Å². The number of nitrogens with zero attached hydrogens (tertiary/aromatic N) is 1. The van der Waals surface area contributed by atoms with E-state index in [1.54, 1.807) is 0 Å². The summed E-state index contributed by atoms with van der Waals surface area (Å²) in [4.78, 5) is 11.1. The van der Waals surface area contributed by atoms with Crippen molar-refractivity contribution in [3.63, 3.8) is 0 Å². The summed E-state index contributed by atoms with van der Waals surface area (Å²) in [6.07, 6.45) is 0. The summed E-state index contributed by atoms with van der Waals surface area (Å²) in [6.45, 7) is 0.345. The van der Waals surface area contributed by atoms with Crippen LogP contribution >= 0.6 is 39.1 Å². The van der Waals surface area contributed by atoms with Crippen LogP contribution in [0.25, 0.3) is 10.4 Å². The van der Waals surface area contributed by atoms with Crippen molar-refractivity contribution in [3.8, 4) is 16.2 Å². The highest BCUT2D eigenvalue weighted by molar-refractivity contribution is 9.10. The summed E-state index contributed by atoms with van der Waals surface area (Å²) in [5.41, 5.74) is 0.907. The van der Waals surface area contributed by atoms with Crippen LogP contribution in [0, 0.1) is 0 Å². The third-order valence-corrected chi connectivity index (χ3v) is 3.65. The van der Waals surface area contributed by atoms with Gasteiger partial charge in [0, 0.05) is 4.47 Å². The molecule has 0 bridgehead atoms. The number of benzene rings is 1. The summed E-state index contributed by atoms with van der Waals surface area (Å²) in [5, 5.41) is 0.204. The van der Waals surface area contributed by atoms with Crippen LogP contribution in [0.2, 0.25) is 5.15 Å². The van der Waals surface area contributed by atoms with E-state index in [0.717, 1.165) is 14.9 Å². The van der Waals surface area contributed by atoms with Gasteiger partial charge in [-0.1, -0.05) is 39.7 Å². The van der Waals surface area contributed by atoms with Crippen LogP contribution in [0.4, 0.5) is 0 Å². The highest BCUT2D eigenvalue weighted by Crippen LogP contribution is 2.39. The van der Waals surface area contributed by atoms with Crippen LogP contribution in [-0.4, -0.2) is 10.8 Å². The quantitative estimate of drug-likeness (QED) is 0.809. The maximum absolute atomic E-state index is 10.4. The number of rotatable bonds is 3. The molecule has 3 nitrogen and oxygen atoms in total. The van der Waals surface area contributed by atoms with Gasteiger partial charge in [0.2, 0.25) is 0 Å². The molecule has 6 heteroatoms. The molecule has 1 heterocycles. The third-order valence-electron chi connectivity index (χ3n) is 1.88. The fourth-order valence-corrected chi connectivity index (χ4v) is 2.48. The van der Waals surface area contributed by atoms with E-state index in [2.05, 4.69) is 20.3 Å². The van der Waals surface area contributed by atoms with Crippen LogP contribution in [0.3, 0.4) is 0 Å². The maximum atomic E-state index is 10.4. The highest BCUT2D eigenvalue weighted by atomic mass is 79.9. The van der Waals surface area contributed by atoms with Crippen molar-refractivity contribution in [2.75, 3.05) is 0 Å². The van der Waals surface area contributed by atoms with E-state index in [9.17, 15) is 4.79 Å². The van der Waals surface area contributed by atoms with Gasteiger partial charge in [0.1, 0.15) is 0 Å². The minimum atomic E-state index is 0.204. The zero-order valence-electron chi connectivity index (χ0n) is 7.81. The predicted molar refractivity (Wildman–Crippen MR) is 67.0 cm³/mol. The lowest BCUT2D eigenvalue weighted by Crippen LogP contribution is -1.89. The fraction of sp³-hybridized carbons (Fsp3) is 0. The van der Waals surface area contributed by atoms with Crippen LogP contribution in [0.5, 0.6) is 5.75 Å². The molecule has 16 heavy (non-hydrogen) atoms. The minimum Gasteiger partial charge on any atom is -0.424 e. The van der Waals surface area contributed by atoms with E-state index in [0.29, 0.717) is 12.2 Å². The molecule has 0 N–H and O–H groups in total. The first-order valence-corrected chi connectivity index (χ1v) is 6.18. The van der Waals surface area contributed by atoms with Crippen molar-refractivity contribution in [2.24, 2.45) is 0 Å². The summed E-state index contributed by atoms with van der Waals surface area (Å²) < 4.78 is 9.74. The summed E-state index contributed by atoms with van der Waals surface area (Å²) in [7, 11) is 0. The first-order chi connectivity index (χ1) is 7.72. The lowest BCUT2D eigenvalue weighted by Gasteiger charge is -2.00. The Balaban J connectivity index is 2.47. The number of carbonyl (C=O) groups excluding carboxylic acids is 1. The van der Waals surface area contributed by atoms with Gasteiger partial charge in [0.25, 0.3) is 6.47 Å². The Morgan fingerprint density at radius 1 is 1.38 bits per heavy atom. The average Bonchev–Trinajstić information content (AvgIpc) is 2.63. The van der Waals surface area contributed by atoms with Crippen molar-refractivity contribution in [1.29, 1.82) is 0 Å². The van der Waals surface area contributed by atoms with Crippen molar-refractivity contribution in [2.45, 2.75) is 0 Å². The second-order valence-corrected chi connectivity index (χ2v) is 4.90. The Bertz CT molecular complexity index is 512. The smallest absolute Gasteiger partial charge is 0.298 e. The molecule has 0 spiro atoms. The molecule has 0 aliphatic rings. The van der Waals surface area contributed by atoms with E-state index in [1.165, 1.54) is 11.5 Å². The van der Waals surface area contributed by atoms with Gasteiger partial charge >= 0.3 is 0 Å². The van der Waals surface area contributed by atoms with E-state index in [1.807, 2.05) is 24.3 Å². The Labute approximate surface area is 109 Å². The maximum Gasteiger partial charge on any atom is 0.298 e. The molecule has 0 aliphatic heterocycles. The molecular formula is C10H5BrClNO2S. The van der Waals surface area contributed by atoms with E-state index >= 15 is 0 Å². The standard InChI is InChI=1S/C10H5BrClNO2S/c11-7-3-1-6(2-4-7)9-8(15-5-14)10(12)13-16-9/h1-5H. The molecule has 0 aliphatic carbocycles. The number of halogens is 2. The minimum absolute atomic E-state index is 0.204. The van der Waals surface area contributed by atoms with Crippen molar-refractivity contribution < 1.29 is 9.53 Å². The molecule has 0 saturated carbocycles. The molecule has 1 aromatic carbocycles. The van der Waals surface area contributed by atoms with Gasteiger partial charge in [-0.05, 0) is 29.2 Å². The number of aromatic nitrogens is 1. The first kappa shape index (κ1) is 11.6. The summed E-state index contributed by atoms with van der Waals surface area (Å²) in [5.74, 6) is 0.309. The zero-order valence-corrected chi connectivity index (χ0v) is 11.0. The Hall–Kier alpha value is -0.910. The van der Waals surface area contributed by atoms with Gasteiger partial charge in [0.15, 0.2) is 10.9 Å². The Morgan fingerprint density at radius 2 is 2.06 bits per heavy atom. The molecule has 1 aromatic heterocycles. The summed E-state index contributed by atoms with van der Waals surface area (Å²) >= 11 is 10.4. The molecule has 0 atom stereocenters. The Kier molecular flexibility index (Phi) is 3.58. The lowest BCUT2D eigenvalue weighted by molar-refractivity contribution is -0.120. The second-order valence-electron chi connectivity index (χ2n) is 2.85. The third kappa shape index (κ3) is 2.26. The van der Waals surface area contributed by atoms with Gasteiger partial charge < -0.3 is 4.74 Å². The van der Waals surface area contributed by atoms with Crippen molar-refractivity contribution >= 4 is 45.5 Å². The fourth-order valence-electron chi connectivity index (χ4n) is 1.20. The Morgan fingerprint density at radius 3 is 2.69 bits per heavy atom. The molecule has 0 radical (unpaired) electrons. The number of hydrogen-bond donors (Lipinski definition) is 0. The van der Waals surface area contributed by atoms with E-state index in [-0.39, 0.29) is 5.15 Å². The zero-order chi connectivity index (χ0) is 11.5. The van der Waals surface area contributed by atoms with E-state index in [4.69, 9.17) is 16.3 Å². The van der Waals surface area contributed by atoms with Crippen LogP contribution in [-0.2, 0) is 4.79 Å². The SMILES string of the molecule is O=COc1c(Cl)nsc1-c1ccc(Br)cc1. The van der Waals surface area contributed by atoms with Gasteiger partial charge in [-0.2, -0.15) is 4.37 Å². The largest absolute Gasteiger partial charge is 0.424 e. The number of hydrogen-bond acceptors (Lipinski definition) is 4. The molecule has 2 rings (SSSR count). The van der Waals surface area contributed by atoms with Gasteiger partial charge in [-0.3, -0.25) is 4.79 Å². The molecule has 0 unspecified atom stereocenters. The molecule has 82 valence electrons. The topological polar surface area (TPSA) is 39.2 Å². The van der Waals surface area contributed by atoms with E-state index < -0.39 is 0 Å². The predicted octanol–water partition coefficient (Wildman–Crippen LogP) is 3.76. The number of carbonyl (C=O) groups is 1. The average molecular weight is 319 g/mol. The van der Waals surface area contributed by atoms with Crippen LogP contribution in [0.1, 0.15) is 0 Å². The molecule has 0 amide bonds. The highest BCUT2D eigenvalue weighted by Gasteiger charge is 2.15. The number of ether oxygens (including phenoxy) is 1. The molecule has 0 fully saturated rings. The molecule has 2 aromatic rings. The lowest BCUT2D eigenvalue weighted by atomic mass is 10.2.